The van der Waals surface area contributed by atoms with E-state index in [9.17, 15) is 4.79 Å². The summed E-state index contributed by atoms with van der Waals surface area (Å²) in [6.45, 7) is 11.2. The summed E-state index contributed by atoms with van der Waals surface area (Å²) in [7, 11) is 0. The van der Waals surface area contributed by atoms with Crippen LogP contribution in [0, 0.1) is 5.92 Å². The summed E-state index contributed by atoms with van der Waals surface area (Å²) in [4.78, 5) is 14.6. The predicted octanol–water partition coefficient (Wildman–Crippen LogP) is 3.65. The van der Waals surface area contributed by atoms with E-state index < -0.39 is 0 Å². The van der Waals surface area contributed by atoms with Crippen LogP contribution in [0.3, 0.4) is 0 Å². The number of ether oxygens (including phenoxy) is 1. The maximum absolute atomic E-state index is 12.3. The average molecular weight is 445 g/mol. The van der Waals surface area contributed by atoms with Gasteiger partial charge in [-0.05, 0) is 51.8 Å². The summed E-state index contributed by atoms with van der Waals surface area (Å²) < 4.78 is 5.97. The minimum absolute atomic E-state index is 0.0693. The molecule has 29 heavy (non-hydrogen) atoms. The predicted molar refractivity (Wildman–Crippen MR) is 120 cm³/mol. The molecule has 1 aromatic rings. The van der Waals surface area contributed by atoms with Crippen LogP contribution in [-0.2, 0) is 11.3 Å². The SMILES string of the molecule is C[C@@H](CN)CN1C[C@H](NC(=O)NC(C)(C)C)C[C@H]1COCc1c(Cl)cccc1Cl. The van der Waals surface area contributed by atoms with Crippen molar-refractivity contribution in [3.63, 3.8) is 0 Å². The molecule has 0 bridgehead atoms. The van der Waals surface area contributed by atoms with E-state index in [4.69, 9.17) is 33.7 Å². The van der Waals surface area contributed by atoms with E-state index in [1.54, 1.807) is 0 Å². The normalized spacial score (nSPS) is 21.2. The van der Waals surface area contributed by atoms with Crippen molar-refractivity contribution in [3.05, 3.63) is 33.8 Å². The topological polar surface area (TPSA) is 79.6 Å². The van der Waals surface area contributed by atoms with Gasteiger partial charge in [-0.15, -0.1) is 0 Å². The molecule has 1 saturated heterocycles. The first-order valence-corrected chi connectivity index (χ1v) is 10.9. The molecule has 4 N–H and O–H groups in total. The van der Waals surface area contributed by atoms with Crippen molar-refractivity contribution in [2.45, 2.75) is 58.3 Å². The van der Waals surface area contributed by atoms with Crippen LogP contribution in [0.5, 0.6) is 0 Å². The number of likely N-dealkylation sites (tertiary alicyclic amines) is 1. The number of rotatable bonds is 8. The van der Waals surface area contributed by atoms with Gasteiger partial charge < -0.3 is 21.1 Å². The van der Waals surface area contributed by atoms with E-state index in [-0.39, 0.29) is 23.7 Å². The van der Waals surface area contributed by atoms with Crippen LogP contribution in [-0.4, -0.2) is 54.8 Å². The zero-order valence-corrected chi connectivity index (χ0v) is 19.3. The highest BCUT2D eigenvalue weighted by Gasteiger charge is 2.34. The highest BCUT2D eigenvalue weighted by molar-refractivity contribution is 6.35. The summed E-state index contributed by atoms with van der Waals surface area (Å²) >= 11 is 12.5. The Bertz CT molecular complexity index is 661. The third-order valence-corrected chi connectivity index (χ3v) is 5.63. The van der Waals surface area contributed by atoms with Crippen LogP contribution in [0.2, 0.25) is 10.0 Å². The number of nitrogens with one attached hydrogen (secondary N) is 2. The number of halogens is 2. The standard InChI is InChI=1S/C21H34Cl2N4O2/c1-14(9-24)10-27-11-15(25-20(28)26-21(2,3)4)8-16(27)12-29-13-17-18(22)6-5-7-19(17)23/h5-7,14-16H,8-13,24H2,1-4H3,(H2,25,26,28)/t14-,15+,16-/m0/s1. The van der Waals surface area contributed by atoms with Crippen LogP contribution in [0.4, 0.5) is 4.79 Å². The van der Waals surface area contributed by atoms with Gasteiger partial charge in [-0.2, -0.15) is 0 Å². The highest BCUT2D eigenvalue weighted by atomic mass is 35.5. The number of amides is 2. The molecule has 0 unspecified atom stereocenters. The minimum Gasteiger partial charge on any atom is -0.375 e. The lowest BCUT2D eigenvalue weighted by atomic mass is 10.1. The first kappa shape index (κ1) is 24.2. The fraction of sp³-hybridized carbons (Fsp3) is 0.667. The van der Waals surface area contributed by atoms with Crippen molar-refractivity contribution in [2.24, 2.45) is 11.7 Å². The van der Waals surface area contributed by atoms with Gasteiger partial charge in [0.2, 0.25) is 0 Å². The summed E-state index contributed by atoms with van der Waals surface area (Å²) in [5, 5.41) is 7.26. The van der Waals surface area contributed by atoms with E-state index in [1.807, 2.05) is 39.0 Å². The van der Waals surface area contributed by atoms with E-state index in [1.165, 1.54) is 0 Å². The van der Waals surface area contributed by atoms with Crippen molar-refractivity contribution in [2.75, 3.05) is 26.2 Å². The Kier molecular flexibility index (Phi) is 9.04. The molecule has 0 radical (unpaired) electrons. The lowest BCUT2D eigenvalue weighted by Gasteiger charge is -2.26. The quantitative estimate of drug-likeness (QED) is 0.571. The second-order valence-corrected chi connectivity index (χ2v) is 9.76. The van der Waals surface area contributed by atoms with E-state index in [0.29, 0.717) is 35.7 Å². The van der Waals surface area contributed by atoms with Crippen molar-refractivity contribution >= 4 is 29.2 Å². The summed E-state index contributed by atoms with van der Waals surface area (Å²) in [5.41, 5.74) is 6.35. The van der Waals surface area contributed by atoms with Gasteiger partial charge in [0.05, 0.1) is 13.2 Å². The van der Waals surface area contributed by atoms with Crippen molar-refractivity contribution in [1.29, 1.82) is 0 Å². The number of hydrogen-bond donors (Lipinski definition) is 3. The van der Waals surface area contributed by atoms with Crippen LogP contribution in [0.25, 0.3) is 0 Å². The molecule has 1 fully saturated rings. The van der Waals surface area contributed by atoms with Crippen LogP contribution in [0.15, 0.2) is 18.2 Å². The molecule has 1 aliphatic heterocycles. The van der Waals surface area contributed by atoms with E-state index in [0.717, 1.165) is 25.1 Å². The van der Waals surface area contributed by atoms with E-state index in [2.05, 4.69) is 22.5 Å². The lowest BCUT2D eigenvalue weighted by molar-refractivity contribution is 0.0627. The van der Waals surface area contributed by atoms with Crippen molar-refractivity contribution in [1.82, 2.24) is 15.5 Å². The maximum atomic E-state index is 12.3. The first-order valence-electron chi connectivity index (χ1n) is 10.1. The first-order chi connectivity index (χ1) is 13.6. The van der Waals surface area contributed by atoms with E-state index >= 15 is 0 Å². The molecule has 1 aromatic carbocycles. The van der Waals surface area contributed by atoms with Crippen molar-refractivity contribution in [3.8, 4) is 0 Å². The largest absolute Gasteiger partial charge is 0.375 e. The van der Waals surface area contributed by atoms with Gasteiger partial charge in [0.25, 0.3) is 0 Å². The lowest BCUT2D eigenvalue weighted by Crippen LogP contribution is -2.50. The van der Waals surface area contributed by atoms with Crippen LogP contribution in [0.1, 0.15) is 39.7 Å². The smallest absolute Gasteiger partial charge is 0.315 e. The Morgan fingerprint density at radius 1 is 1.34 bits per heavy atom. The minimum atomic E-state index is -0.271. The summed E-state index contributed by atoms with van der Waals surface area (Å²) in [5.74, 6) is 0.373. The Morgan fingerprint density at radius 2 is 2.00 bits per heavy atom. The fourth-order valence-corrected chi connectivity index (χ4v) is 4.00. The molecule has 3 atom stereocenters. The molecule has 0 saturated carbocycles. The second kappa shape index (κ2) is 10.8. The van der Waals surface area contributed by atoms with Gasteiger partial charge in [-0.3, -0.25) is 4.90 Å². The molecule has 1 heterocycles. The average Bonchev–Trinajstić information content (AvgIpc) is 2.96. The van der Waals surface area contributed by atoms with Crippen LogP contribution < -0.4 is 16.4 Å². The van der Waals surface area contributed by atoms with Gasteiger partial charge in [0, 0.05) is 46.3 Å². The molecular weight excluding hydrogens is 411 g/mol. The Morgan fingerprint density at radius 3 is 2.59 bits per heavy atom. The number of benzene rings is 1. The number of hydrogen-bond acceptors (Lipinski definition) is 4. The van der Waals surface area contributed by atoms with Gasteiger partial charge in [0.1, 0.15) is 0 Å². The number of carbonyl (C=O) groups excluding carboxylic acids is 1. The van der Waals surface area contributed by atoms with Crippen molar-refractivity contribution < 1.29 is 9.53 Å². The van der Waals surface area contributed by atoms with Crippen LogP contribution >= 0.6 is 23.2 Å². The number of nitrogens with zero attached hydrogens (tertiary/aromatic N) is 1. The zero-order valence-electron chi connectivity index (χ0n) is 17.8. The Labute approximate surface area is 184 Å². The monoisotopic (exact) mass is 444 g/mol. The number of nitrogens with two attached hydrogens (primary N) is 1. The highest BCUT2D eigenvalue weighted by Crippen LogP contribution is 2.26. The molecule has 2 rings (SSSR count). The third kappa shape index (κ3) is 7.95. The van der Waals surface area contributed by atoms with Gasteiger partial charge >= 0.3 is 6.03 Å². The van der Waals surface area contributed by atoms with Gasteiger partial charge in [-0.25, -0.2) is 4.79 Å². The molecule has 0 aliphatic carbocycles. The zero-order chi connectivity index (χ0) is 21.6. The summed E-state index contributed by atoms with van der Waals surface area (Å²) in [6.07, 6.45) is 0.825. The Hall–Kier alpha value is -1.05. The number of urea groups is 1. The summed E-state index contributed by atoms with van der Waals surface area (Å²) in [6, 6.07) is 5.57. The molecule has 6 nitrogen and oxygen atoms in total. The Balaban J connectivity index is 1.94. The molecule has 8 heteroatoms. The fourth-order valence-electron chi connectivity index (χ4n) is 3.49. The molecule has 0 spiro atoms. The molecule has 1 aliphatic rings. The van der Waals surface area contributed by atoms with Gasteiger partial charge in [-0.1, -0.05) is 36.2 Å². The molecule has 164 valence electrons. The second-order valence-electron chi connectivity index (χ2n) is 8.95. The molecular formula is C21H34Cl2N4O2. The van der Waals surface area contributed by atoms with Gasteiger partial charge in [0.15, 0.2) is 0 Å². The number of carbonyl (C=O) groups is 1. The molecule has 2 amide bonds. The maximum Gasteiger partial charge on any atom is 0.315 e. The molecule has 0 aromatic heterocycles. The third-order valence-electron chi connectivity index (χ3n) is 4.92.